The number of halogens is 1. The Labute approximate surface area is 258 Å². The van der Waals surface area contributed by atoms with Gasteiger partial charge in [0.05, 0.1) is 24.6 Å². The van der Waals surface area contributed by atoms with Gasteiger partial charge in [0.2, 0.25) is 11.8 Å². The van der Waals surface area contributed by atoms with Crippen molar-refractivity contribution >= 4 is 17.4 Å². The number of hydrogen-bond acceptors (Lipinski definition) is 8. The summed E-state index contributed by atoms with van der Waals surface area (Å²) in [6.07, 6.45) is 14.6. The molecule has 6 rings (SSSR count). The van der Waals surface area contributed by atoms with E-state index in [1.54, 1.807) is 17.2 Å². The molecule has 1 aromatic heterocycles. The van der Waals surface area contributed by atoms with Crippen LogP contribution in [-0.4, -0.2) is 89.4 Å². The Kier molecular flexibility index (Phi) is 8.63. The monoisotopic (exact) mass is 595 g/mol. The first-order chi connectivity index (χ1) is 21.4. The van der Waals surface area contributed by atoms with E-state index < -0.39 is 18.0 Å². The Hall–Kier alpha value is -4.28. The standard InChI is InChI=1S/C34H38FN7O2/c1-3-32(43)42-14-13-41(20-23(42)10-11-36)33-27-15-30(35)26(29-19-38-18-22-7-4-5-9-25(22)29)16-31(27)39-34(28(33)17-37)44-21-24-8-6-12-40(24)2/h3,15-16,18-19,23-24,27,31H,1,4-10,12-14,20-21H2,2H3/t23-,24-,27?,31?/m0/s1. The summed E-state index contributed by atoms with van der Waals surface area (Å²) in [6, 6.07) is 3.87. The van der Waals surface area contributed by atoms with Gasteiger partial charge in [-0.25, -0.2) is 9.38 Å². The number of hydrogen-bond donors (Lipinski definition) is 0. The summed E-state index contributed by atoms with van der Waals surface area (Å²) in [7, 11) is 2.07. The number of likely N-dealkylation sites (N-methyl/N-ethyl adjacent to an activating group) is 1. The molecule has 44 heavy (non-hydrogen) atoms. The van der Waals surface area contributed by atoms with Crippen molar-refractivity contribution < 1.29 is 13.9 Å². The van der Waals surface area contributed by atoms with Gasteiger partial charge in [-0.15, -0.1) is 0 Å². The second-order valence-electron chi connectivity index (χ2n) is 12.2. The minimum Gasteiger partial charge on any atom is -0.475 e. The van der Waals surface area contributed by atoms with Crippen molar-refractivity contribution in [2.75, 3.05) is 39.8 Å². The van der Waals surface area contributed by atoms with Crippen molar-refractivity contribution in [3.63, 3.8) is 0 Å². The van der Waals surface area contributed by atoms with E-state index in [4.69, 9.17) is 9.73 Å². The van der Waals surface area contributed by atoms with Gasteiger partial charge in [-0.2, -0.15) is 10.5 Å². The molecule has 2 fully saturated rings. The van der Waals surface area contributed by atoms with Crippen LogP contribution in [0.4, 0.5) is 4.39 Å². The molecule has 2 saturated heterocycles. The molecule has 3 aliphatic heterocycles. The molecule has 228 valence electrons. The van der Waals surface area contributed by atoms with Crippen LogP contribution in [0.15, 0.2) is 59.3 Å². The summed E-state index contributed by atoms with van der Waals surface area (Å²) in [5, 5.41) is 20.1. The zero-order valence-corrected chi connectivity index (χ0v) is 25.2. The van der Waals surface area contributed by atoms with E-state index in [-0.39, 0.29) is 35.7 Å². The van der Waals surface area contributed by atoms with Gasteiger partial charge >= 0.3 is 0 Å². The topological polar surface area (TPSA) is 109 Å². The molecule has 10 heteroatoms. The molecule has 4 atom stereocenters. The van der Waals surface area contributed by atoms with Gasteiger partial charge in [-0.05, 0) is 81.5 Å². The molecule has 0 aromatic carbocycles. The lowest BCUT2D eigenvalue weighted by Crippen LogP contribution is -2.55. The van der Waals surface area contributed by atoms with Crippen LogP contribution < -0.4 is 0 Å². The number of carbonyl (C=O) groups excluding carboxylic acids is 1. The van der Waals surface area contributed by atoms with Gasteiger partial charge in [0, 0.05) is 60.8 Å². The number of nitrogens with zero attached hydrogens (tertiary/aromatic N) is 7. The lowest BCUT2D eigenvalue weighted by Gasteiger charge is -2.45. The minimum absolute atomic E-state index is 0.130. The number of allylic oxidation sites excluding steroid dienone is 2. The number of amides is 1. The summed E-state index contributed by atoms with van der Waals surface area (Å²) < 4.78 is 22.5. The number of likely N-dealkylation sites (tertiary alicyclic amines) is 1. The zero-order valence-electron chi connectivity index (χ0n) is 25.2. The molecule has 0 spiro atoms. The highest BCUT2D eigenvalue weighted by atomic mass is 19.1. The van der Waals surface area contributed by atoms with Gasteiger partial charge in [0.15, 0.2) is 0 Å². The normalized spacial score (nSPS) is 26.9. The van der Waals surface area contributed by atoms with Crippen molar-refractivity contribution in [2.45, 2.75) is 63.1 Å². The molecule has 0 radical (unpaired) electrons. The van der Waals surface area contributed by atoms with Crippen LogP contribution >= 0.6 is 0 Å². The number of ether oxygens (including phenoxy) is 1. The molecule has 0 N–H and O–H groups in total. The highest BCUT2D eigenvalue weighted by Crippen LogP contribution is 2.42. The van der Waals surface area contributed by atoms with Crippen LogP contribution in [0.25, 0.3) is 5.57 Å². The predicted molar refractivity (Wildman–Crippen MR) is 165 cm³/mol. The van der Waals surface area contributed by atoms with Crippen molar-refractivity contribution in [1.82, 2.24) is 19.7 Å². The van der Waals surface area contributed by atoms with Crippen LogP contribution in [0.3, 0.4) is 0 Å². The molecule has 2 aliphatic carbocycles. The van der Waals surface area contributed by atoms with E-state index in [2.05, 4.69) is 35.6 Å². The number of aryl methyl sites for hydroxylation is 1. The van der Waals surface area contributed by atoms with Crippen molar-refractivity contribution in [1.29, 1.82) is 10.5 Å². The summed E-state index contributed by atoms with van der Waals surface area (Å²) in [5.74, 6) is -0.858. The van der Waals surface area contributed by atoms with E-state index in [1.807, 2.05) is 17.2 Å². The first-order valence-electron chi connectivity index (χ1n) is 15.6. The fourth-order valence-electron chi connectivity index (χ4n) is 7.35. The fourth-order valence-corrected chi connectivity index (χ4v) is 7.35. The summed E-state index contributed by atoms with van der Waals surface area (Å²) in [6.45, 7) is 6.13. The van der Waals surface area contributed by atoms with Crippen molar-refractivity contribution in [3.8, 4) is 12.1 Å². The van der Waals surface area contributed by atoms with E-state index >= 15 is 4.39 Å². The second kappa shape index (κ2) is 12.8. The Morgan fingerprint density at radius 3 is 2.75 bits per heavy atom. The Balaban J connectivity index is 1.39. The highest BCUT2D eigenvalue weighted by molar-refractivity contribution is 6.00. The minimum atomic E-state index is -0.535. The zero-order chi connectivity index (χ0) is 30.8. The van der Waals surface area contributed by atoms with Crippen LogP contribution in [-0.2, 0) is 22.4 Å². The molecule has 0 bridgehead atoms. The number of fused-ring (bicyclic) bond motifs is 2. The molecule has 2 unspecified atom stereocenters. The number of pyridine rings is 1. The lowest BCUT2D eigenvalue weighted by atomic mass is 9.80. The number of nitriles is 2. The number of carbonyl (C=O) groups is 1. The molecule has 4 heterocycles. The number of aromatic nitrogens is 1. The Morgan fingerprint density at radius 1 is 1.16 bits per heavy atom. The molecule has 1 aromatic rings. The van der Waals surface area contributed by atoms with E-state index in [9.17, 15) is 15.3 Å². The Bertz CT molecular complexity index is 1550. The first kappa shape index (κ1) is 29.8. The SMILES string of the molecule is C=CC(=O)N1CCN(C2=C(C#N)C(OC[C@@H]3CCCN3C)=NC3C=C(c4cncc5c4CCCC5)C(F)=CC23)C[C@@H]1CC#N. The molecular formula is C34H38FN7O2. The largest absolute Gasteiger partial charge is 0.475 e. The molecule has 9 nitrogen and oxygen atoms in total. The third-order valence-corrected chi connectivity index (χ3v) is 9.70. The van der Waals surface area contributed by atoms with E-state index in [0.717, 1.165) is 56.2 Å². The lowest BCUT2D eigenvalue weighted by molar-refractivity contribution is -0.130. The van der Waals surface area contributed by atoms with Crippen LogP contribution in [0.1, 0.15) is 48.8 Å². The average molecular weight is 596 g/mol. The smallest absolute Gasteiger partial charge is 0.246 e. The molecular weight excluding hydrogens is 557 g/mol. The number of dihydropyridines is 1. The van der Waals surface area contributed by atoms with Crippen molar-refractivity contribution in [2.24, 2.45) is 10.9 Å². The van der Waals surface area contributed by atoms with Gasteiger partial charge in [-0.3, -0.25) is 9.78 Å². The van der Waals surface area contributed by atoms with Gasteiger partial charge in [0.25, 0.3) is 0 Å². The summed E-state index contributed by atoms with van der Waals surface area (Å²) >= 11 is 0. The predicted octanol–water partition coefficient (Wildman–Crippen LogP) is 4.11. The van der Waals surface area contributed by atoms with Crippen LogP contribution in [0.5, 0.6) is 0 Å². The van der Waals surface area contributed by atoms with Crippen molar-refractivity contribution in [3.05, 3.63) is 71.0 Å². The maximum atomic E-state index is 16.2. The number of piperazine rings is 1. The summed E-state index contributed by atoms with van der Waals surface area (Å²) in [5.41, 5.74) is 4.53. The highest BCUT2D eigenvalue weighted by Gasteiger charge is 2.42. The molecule has 5 aliphatic rings. The van der Waals surface area contributed by atoms with Gasteiger partial charge < -0.3 is 19.4 Å². The molecule has 0 saturated carbocycles. The Morgan fingerprint density at radius 2 is 2.00 bits per heavy atom. The quantitative estimate of drug-likeness (QED) is 0.456. The van der Waals surface area contributed by atoms with Gasteiger partial charge in [0.1, 0.15) is 24.1 Å². The first-order valence-corrected chi connectivity index (χ1v) is 15.6. The molecule has 1 amide bonds. The third-order valence-electron chi connectivity index (χ3n) is 9.70. The average Bonchev–Trinajstić information content (AvgIpc) is 3.46. The van der Waals surface area contributed by atoms with E-state index in [1.165, 1.54) is 11.6 Å². The third kappa shape index (κ3) is 5.55. The maximum absolute atomic E-state index is 16.2. The summed E-state index contributed by atoms with van der Waals surface area (Å²) in [4.78, 5) is 27.9. The van der Waals surface area contributed by atoms with Crippen LogP contribution in [0, 0.1) is 28.6 Å². The second-order valence-corrected chi connectivity index (χ2v) is 12.2. The maximum Gasteiger partial charge on any atom is 0.246 e. The van der Waals surface area contributed by atoms with E-state index in [0.29, 0.717) is 37.5 Å². The fraction of sp³-hybridized carbons (Fsp3) is 0.500. The number of aliphatic imine (C=N–C) groups is 1. The number of rotatable bonds is 6. The van der Waals surface area contributed by atoms with Crippen LogP contribution in [0.2, 0.25) is 0 Å². The van der Waals surface area contributed by atoms with Gasteiger partial charge in [-0.1, -0.05) is 6.58 Å².